The molecule has 0 aromatic heterocycles. The summed E-state index contributed by atoms with van der Waals surface area (Å²) in [6, 6.07) is -0.963. The molecule has 0 aliphatic heterocycles. The zero-order valence-electron chi connectivity index (χ0n) is 37.1. The maximum absolute atomic E-state index is 11.0. The first-order valence-corrected chi connectivity index (χ1v) is 18.7. The molecule has 0 heterocycles. The summed E-state index contributed by atoms with van der Waals surface area (Å²) in [5.41, 5.74) is 2.01. The largest absolute Gasteiger partial charge is 0.481 e. The SMILES string of the molecule is C.C.C.C.C=CNC(=O)CCC(NC)C(C)=O.CCCC(NC)C(C)=O.CNC(CCC(=O)NN)C(C)=O.CNC(CCC(=O)O)C(C)=O.[2H]CNC(=O)CCC(NC)C(C)=O. The molecule has 0 radical (unpaired) electrons. The zero-order valence-corrected chi connectivity index (χ0v) is 36.1. The van der Waals surface area contributed by atoms with Crippen molar-refractivity contribution >= 4 is 52.6 Å². The third-order valence-electron chi connectivity index (χ3n) is 8.02. The van der Waals surface area contributed by atoms with E-state index < -0.39 is 5.97 Å². The molecule has 0 bridgehead atoms. The predicted octanol–water partition coefficient (Wildman–Crippen LogP) is 2.36. The Labute approximate surface area is 370 Å². The molecule has 61 heavy (non-hydrogen) atoms. The summed E-state index contributed by atoms with van der Waals surface area (Å²) in [6.07, 6.45) is 6.11. The van der Waals surface area contributed by atoms with Crippen LogP contribution in [0.5, 0.6) is 0 Å². The Morgan fingerprint density at radius 1 is 0.541 bits per heavy atom. The maximum atomic E-state index is 11.0. The Kier molecular flexibility index (Phi) is 63.1. The van der Waals surface area contributed by atoms with Crippen molar-refractivity contribution in [2.75, 3.05) is 42.3 Å². The highest BCUT2D eigenvalue weighted by Gasteiger charge is 2.15. The van der Waals surface area contributed by atoms with E-state index in [0.717, 1.165) is 12.8 Å². The summed E-state index contributed by atoms with van der Waals surface area (Å²) in [5, 5.41) is 27.3. The van der Waals surface area contributed by atoms with E-state index in [1.165, 1.54) is 33.9 Å². The third-order valence-corrected chi connectivity index (χ3v) is 8.02. The Balaban J connectivity index is -0.0000000800. The van der Waals surface area contributed by atoms with Crippen LogP contribution in [0.15, 0.2) is 12.8 Å². The molecule has 0 saturated carbocycles. The lowest BCUT2D eigenvalue weighted by Crippen LogP contribution is -2.35. The molecule has 364 valence electrons. The molecule has 0 fully saturated rings. The molecule has 5 atom stereocenters. The second-order valence-corrected chi connectivity index (χ2v) is 12.5. The Morgan fingerprint density at radius 2 is 0.820 bits per heavy atom. The van der Waals surface area contributed by atoms with Crippen molar-refractivity contribution < 1.29 is 49.6 Å². The lowest BCUT2D eigenvalue weighted by atomic mass is 10.1. The maximum Gasteiger partial charge on any atom is 0.303 e. The fraction of sp³-hybridized carbons (Fsp3) is 0.738. The van der Waals surface area contributed by atoms with Crippen molar-refractivity contribution in [2.45, 2.75) is 166 Å². The van der Waals surface area contributed by atoms with Crippen LogP contribution in [-0.2, 0) is 43.2 Å². The van der Waals surface area contributed by atoms with Crippen LogP contribution in [0, 0.1) is 0 Å². The van der Waals surface area contributed by atoms with Crippen LogP contribution in [0.3, 0.4) is 0 Å². The first kappa shape index (κ1) is 74.2. The van der Waals surface area contributed by atoms with E-state index in [-0.39, 0.29) is 133 Å². The van der Waals surface area contributed by atoms with Gasteiger partial charge in [-0.15, -0.1) is 0 Å². The van der Waals surface area contributed by atoms with Gasteiger partial charge in [0, 0.05) is 34.1 Å². The average molecular weight is 883 g/mol. The van der Waals surface area contributed by atoms with E-state index in [0.29, 0.717) is 32.1 Å². The van der Waals surface area contributed by atoms with Crippen LogP contribution in [-0.4, -0.2) is 130 Å². The van der Waals surface area contributed by atoms with Crippen molar-refractivity contribution in [1.82, 2.24) is 42.6 Å². The number of aliphatic carboxylic acids is 1. The van der Waals surface area contributed by atoms with Crippen molar-refractivity contribution in [3.63, 3.8) is 0 Å². The van der Waals surface area contributed by atoms with Gasteiger partial charge in [-0.05, 0) is 108 Å². The normalized spacial score (nSPS) is 11.8. The number of nitrogens with two attached hydrogens (primary N) is 1. The molecular weight excluding hydrogens is 791 g/mol. The van der Waals surface area contributed by atoms with E-state index >= 15 is 0 Å². The van der Waals surface area contributed by atoms with Crippen LogP contribution in [0.25, 0.3) is 0 Å². The molecule has 0 aliphatic rings. The molecule has 3 amide bonds. The molecular formula is C42H91N9O10. The van der Waals surface area contributed by atoms with Crippen molar-refractivity contribution in [3.05, 3.63) is 12.8 Å². The van der Waals surface area contributed by atoms with E-state index in [4.69, 9.17) is 12.3 Å². The van der Waals surface area contributed by atoms with Gasteiger partial charge in [0.2, 0.25) is 17.7 Å². The molecule has 0 aliphatic carbocycles. The molecule has 0 aromatic rings. The van der Waals surface area contributed by atoms with Gasteiger partial charge < -0.3 is 42.3 Å². The minimum atomic E-state index is -0.869. The first-order chi connectivity index (χ1) is 27.1. The van der Waals surface area contributed by atoms with Gasteiger partial charge in [0.25, 0.3) is 0 Å². The fourth-order valence-corrected chi connectivity index (χ4v) is 4.48. The second-order valence-electron chi connectivity index (χ2n) is 12.5. The topological polar surface area (TPSA) is 296 Å². The second kappa shape index (κ2) is 51.9. The fourth-order valence-electron chi connectivity index (χ4n) is 4.48. The smallest absolute Gasteiger partial charge is 0.303 e. The molecule has 0 aromatic carbocycles. The summed E-state index contributed by atoms with van der Waals surface area (Å²) in [4.78, 5) is 96.8. The Morgan fingerprint density at radius 3 is 1.03 bits per heavy atom. The molecule has 0 spiro atoms. The van der Waals surface area contributed by atoms with E-state index in [1.54, 1.807) is 35.1 Å². The summed E-state index contributed by atoms with van der Waals surface area (Å²) in [6.45, 7) is 13.0. The minimum Gasteiger partial charge on any atom is -0.481 e. The third kappa shape index (κ3) is 51.8. The van der Waals surface area contributed by atoms with Gasteiger partial charge in [-0.3, -0.25) is 48.6 Å². The summed E-state index contributed by atoms with van der Waals surface area (Å²) < 4.78 is 6.73. The number of carboxylic acids is 1. The number of carbonyl (C=O) groups is 9. The number of ketones is 5. The Hall–Kier alpha value is -4.27. The highest BCUT2D eigenvalue weighted by molar-refractivity contribution is 5.84. The van der Waals surface area contributed by atoms with Gasteiger partial charge in [-0.1, -0.05) is 49.6 Å². The number of carboxylic acid groups (broad SMARTS) is 1. The van der Waals surface area contributed by atoms with Crippen LogP contribution in [0.2, 0.25) is 0 Å². The number of nitrogens with one attached hydrogen (secondary N) is 8. The number of hydrazine groups is 1. The van der Waals surface area contributed by atoms with Gasteiger partial charge in [-0.2, -0.15) is 0 Å². The molecule has 19 heteroatoms. The van der Waals surface area contributed by atoms with Crippen molar-refractivity contribution in [2.24, 2.45) is 5.84 Å². The van der Waals surface area contributed by atoms with Gasteiger partial charge in [0.15, 0.2) is 0 Å². The lowest BCUT2D eigenvalue weighted by molar-refractivity contribution is -0.137. The van der Waals surface area contributed by atoms with Gasteiger partial charge >= 0.3 is 5.97 Å². The van der Waals surface area contributed by atoms with E-state index in [1.807, 2.05) is 12.5 Å². The van der Waals surface area contributed by atoms with Crippen LogP contribution < -0.4 is 48.5 Å². The quantitative estimate of drug-likeness (QED) is 0.0358. The number of carbonyl (C=O) groups excluding carboxylic acids is 8. The summed E-state index contributed by atoms with van der Waals surface area (Å²) >= 11 is 0. The number of likely N-dealkylation sites (N-methyl/N-ethyl adjacent to an activating group) is 5. The van der Waals surface area contributed by atoms with Crippen molar-refractivity contribution in [1.29, 1.82) is 0 Å². The van der Waals surface area contributed by atoms with E-state index in [9.17, 15) is 43.2 Å². The summed E-state index contributed by atoms with van der Waals surface area (Å²) in [7, 11) is 8.44. The molecule has 0 rings (SSSR count). The van der Waals surface area contributed by atoms with E-state index in [2.05, 4.69) is 50.7 Å². The number of Topliss-reactive ketones (excluding diaryl/α,β-unsaturated/α-hetero) is 5. The highest BCUT2D eigenvalue weighted by atomic mass is 16.4. The van der Waals surface area contributed by atoms with Gasteiger partial charge in [0.05, 0.1) is 30.2 Å². The van der Waals surface area contributed by atoms with Crippen LogP contribution in [0.1, 0.15) is 137 Å². The van der Waals surface area contributed by atoms with Crippen LogP contribution >= 0.6 is 0 Å². The number of rotatable bonds is 25. The van der Waals surface area contributed by atoms with Crippen LogP contribution in [0.4, 0.5) is 0 Å². The predicted molar refractivity (Wildman–Crippen MR) is 249 cm³/mol. The molecule has 0 saturated heterocycles. The number of hydrogen-bond donors (Lipinski definition) is 10. The number of amides is 3. The highest BCUT2D eigenvalue weighted by Crippen LogP contribution is 2.00. The van der Waals surface area contributed by atoms with Gasteiger partial charge in [0.1, 0.15) is 28.9 Å². The molecule has 11 N–H and O–H groups in total. The standard InChI is InChI=1S/C9H16N2O2.C8H16N2O2.C7H15N3O2.C7H13NO3.C7H15NO.4CH4/c1-4-11-9(13)6-5-8(10-3)7(2)12;1-6(11)7(9-2)4-5-8(12)10-3;1-5(11)6(9-2)3-4-7(12)10-8;1-5(9)6(8-2)3-4-7(10)11;1-4-5-7(8-3)6(2)9;;;;/h4,8,10H,1,5-6H2,2-3H3,(H,11,13);7,9H,4-5H2,1-3H3,(H,10,12);6,9H,3-4,8H2,1-2H3,(H,10,12);6,8H,3-4H2,1-2H3,(H,10,11);7-8H,4-5H2,1-3H3;4*1H4/i;3D;;;;;;;. The Bertz CT molecular complexity index is 1230. The molecule has 5 unspecified atom stereocenters. The molecule has 19 nitrogen and oxygen atoms in total. The monoisotopic (exact) mass is 883 g/mol. The zero-order chi connectivity index (χ0) is 46.2. The number of hydrogen-bond acceptors (Lipinski definition) is 15. The average Bonchev–Trinajstić information content (AvgIpc) is 3.15. The van der Waals surface area contributed by atoms with Gasteiger partial charge in [-0.25, -0.2) is 5.84 Å². The summed E-state index contributed by atoms with van der Waals surface area (Å²) in [5.74, 6) is 3.78. The first-order valence-electron chi connectivity index (χ1n) is 19.4. The van der Waals surface area contributed by atoms with Crippen molar-refractivity contribution in [3.8, 4) is 0 Å². The minimum absolute atomic E-state index is 0. The lowest BCUT2D eigenvalue weighted by Gasteiger charge is -2.11.